The smallest absolute Gasteiger partial charge is 0.303 e. The maximum Gasteiger partial charge on any atom is 0.303 e. The van der Waals surface area contributed by atoms with Crippen LogP contribution in [0.3, 0.4) is 0 Å². The Morgan fingerprint density at radius 2 is 1.94 bits per heavy atom. The van der Waals surface area contributed by atoms with Gasteiger partial charge in [-0.2, -0.15) is 0 Å². The Morgan fingerprint density at radius 3 is 2.79 bits per heavy atom. The molecule has 7 heteroatoms. The molecular formula is C27H32N4O3. The lowest BCUT2D eigenvalue weighted by Gasteiger charge is -2.36. The van der Waals surface area contributed by atoms with Crippen molar-refractivity contribution in [3.8, 4) is 17.0 Å². The molecule has 1 aliphatic rings. The molecular weight excluding hydrogens is 428 g/mol. The molecule has 0 saturated carbocycles. The van der Waals surface area contributed by atoms with Gasteiger partial charge in [0, 0.05) is 56.8 Å². The number of rotatable bonds is 10. The number of aliphatic carboxylic acids is 1. The van der Waals surface area contributed by atoms with Crippen LogP contribution in [0.15, 0.2) is 60.8 Å². The van der Waals surface area contributed by atoms with Crippen LogP contribution in [0.4, 0.5) is 0 Å². The topological polar surface area (TPSA) is 98.6 Å². The standard InChI is InChI=1S/C27H32N4O3/c32-24-8-2-4-20(17-24)5-3-9-26-29-13-12-25(30-26)22-7-1-6-21(16-22)19-31-15-14-28-18-23(31)10-11-27(33)34/h1-2,4,6-8,12-13,16-17,23,28,32H,3,5,9-11,14-15,18-19H2,(H,33,34). The first-order chi connectivity index (χ1) is 16.6. The molecule has 3 aromatic rings. The molecule has 7 nitrogen and oxygen atoms in total. The first kappa shape index (κ1) is 23.9. The summed E-state index contributed by atoms with van der Waals surface area (Å²) in [5, 5.41) is 22.1. The average Bonchev–Trinajstić information content (AvgIpc) is 2.84. The minimum Gasteiger partial charge on any atom is -0.508 e. The molecule has 4 rings (SSSR count). The number of aromatic hydroxyl groups is 1. The van der Waals surface area contributed by atoms with E-state index in [1.807, 2.05) is 24.4 Å². The van der Waals surface area contributed by atoms with Gasteiger partial charge in [-0.3, -0.25) is 9.69 Å². The van der Waals surface area contributed by atoms with Crippen molar-refractivity contribution in [2.45, 2.75) is 44.7 Å². The molecule has 1 unspecified atom stereocenters. The molecule has 2 heterocycles. The fourth-order valence-electron chi connectivity index (χ4n) is 4.49. The van der Waals surface area contributed by atoms with Gasteiger partial charge in [0.2, 0.25) is 0 Å². The number of nitrogens with one attached hydrogen (secondary N) is 1. The summed E-state index contributed by atoms with van der Waals surface area (Å²) in [7, 11) is 0. The summed E-state index contributed by atoms with van der Waals surface area (Å²) >= 11 is 0. The molecule has 0 bridgehead atoms. The maximum absolute atomic E-state index is 11.0. The number of aromatic nitrogens is 2. The molecule has 1 fully saturated rings. The van der Waals surface area contributed by atoms with Crippen molar-refractivity contribution in [3.63, 3.8) is 0 Å². The molecule has 0 radical (unpaired) electrons. The van der Waals surface area contributed by atoms with Crippen molar-refractivity contribution in [2.75, 3.05) is 19.6 Å². The van der Waals surface area contributed by atoms with E-state index >= 15 is 0 Å². The quantitative estimate of drug-likeness (QED) is 0.425. The summed E-state index contributed by atoms with van der Waals surface area (Å²) in [6, 6.07) is 18.0. The van der Waals surface area contributed by atoms with E-state index in [0.717, 1.165) is 68.1 Å². The van der Waals surface area contributed by atoms with E-state index in [1.54, 1.807) is 12.1 Å². The molecule has 1 aromatic heterocycles. The fraction of sp³-hybridized carbons (Fsp3) is 0.370. The molecule has 3 N–H and O–H groups in total. The summed E-state index contributed by atoms with van der Waals surface area (Å²) in [5.41, 5.74) is 4.28. The summed E-state index contributed by atoms with van der Waals surface area (Å²) in [6.45, 7) is 3.44. The normalized spacial score (nSPS) is 16.4. The zero-order valence-corrected chi connectivity index (χ0v) is 19.4. The number of aryl methyl sites for hydroxylation is 2. The van der Waals surface area contributed by atoms with Gasteiger partial charge >= 0.3 is 5.97 Å². The number of carboxylic acid groups (broad SMARTS) is 1. The molecule has 2 aromatic carbocycles. The van der Waals surface area contributed by atoms with Crippen molar-refractivity contribution in [3.05, 3.63) is 77.7 Å². The number of carboxylic acids is 1. The fourth-order valence-corrected chi connectivity index (χ4v) is 4.49. The minimum atomic E-state index is -0.742. The lowest BCUT2D eigenvalue weighted by molar-refractivity contribution is -0.137. The molecule has 0 amide bonds. The highest BCUT2D eigenvalue weighted by molar-refractivity contribution is 5.66. The Hall–Kier alpha value is -3.29. The molecule has 34 heavy (non-hydrogen) atoms. The molecule has 1 saturated heterocycles. The SMILES string of the molecule is O=C(O)CCC1CNCCN1Cc1cccc(-c2ccnc(CCCc3cccc(O)c3)n2)c1. The third-order valence-electron chi connectivity index (χ3n) is 6.25. The zero-order valence-electron chi connectivity index (χ0n) is 19.4. The molecule has 1 aliphatic heterocycles. The van der Waals surface area contributed by atoms with Gasteiger partial charge in [0.1, 0.15) is 11.6 Å². The van der Waals surface area contributed by atoms with Crippen molar-refractivity contribution in [1.82, 2.24) is 20.2 Å². The highest BCUT2D eigenvalue weighted by Crippen LogP contribution is 2.21. The summed E-state index contributed by atoms with van der Waals surface area (Å²) in [5.74, 6) is 0.373. The lowest BCUT2D eigenvalue weighted by atomic mass is 10.0. The largest absolute Gasteiger partial charge is 0.508 e. The third kappa shape index (κ3) is 6.85. The number of nitrogens with zero attached hydrogens (tertiary/aromatic N) is 3. The maximum atomic E-state index is 11.0. The molecule has 178 valence electrons. The van der Waals surface area contributed by atoms with Gasteiger partial charge in [-0.1, -0.05) is 30.3 Å². The van der Waals surface area contributed by atoms with Crippen LogP contribution in [0, 0.1) is 0 Å². The van der Waals surface area contributed by atoms with E-state index in [1.165, 1.54) is 5.56 Å². The number of piperazine rings is 1. The Bertz CT molecular complexity index is 1100. The van der Waals surface area contributed by atoms with E-state index < -0.39 is 5.97 Å². The van der Waals surface area contributed by atoms with Gasteiger partial charge in [0.05, 0.1) is 5.69 Å². The van der Waals surface area contributed by atoms with E-state index in [0.29, 0.717) is 12.2 Å². The molecule has 1 atom stereocenters. The first-order valence-corrected chi connectivity index (χ1v) is 11.9. The second kappa shape index (κ2) is 11.7. The Morgan fingerprint density at radius 1 is 1.09 bits per heavy atom. The monoisotopic (exact) mass is 460 g/mol. The van der Waals surface area contributed by atoms with Crippen LogP contribution in [-0.4, -0.2) is 56.7 Å². The highest BCUT2D eigenvalue weighted by Gasteiger charge is 2.23. The van der Waals surface area contributed by atoms with E-state index in [-0.39, 0.29) is 12.5 Å². The van der Waals surface area contributed by atoms with Gasteiger partial charge in [-0.05, 0) is 54.7 Å². The van der Waals surface area contributed by atoms with E-state index in [4.69, 9.17) is 10.1 Å². The Labute approximate surface area is 200 Å². The molecule has 0 aliphatic carbocycles. The predicted octanol–water partition coefficient (Wildman–Crippen LogP) is 3.66. The Balaban J connectivity index is 1.39. The summed E-state index contributed by atoms with van der Waals surface area (Å²) in [4.78, 5) is 22.7. The Kier molecular flexibility index (Phi) is 8.22. The van der Waals surface area contributed by atoms with Gasteiger partial charge < -0.3 is 15.5 Å². The second-order valence-electron chi connectivity index (χ2n) is 8.84. The van der Waals surface area contributed by atoms with Crippen molar-refractivity contribution >= 4 is 5.97 Å². The van der Waals surface area contributed by atoms with Crippen LogP contribution in [-0.2, 0) is 24.2 Å². The average molecular weight is 461 g/mol. The zero-order chi connectivity index (χ0) is 23.8. The van der Waals surface area contributed by atoms with Crippen LogP contribution in [0.2, 0.25) is 0 Å². The second-order valence-corrected chi connectivity index (χ2v) is 8.84. The van der Waals surface area contributed by atoms with E-state index in [9.17, 15) is 9.90 Å². The van der Waals surface area contributed by atoms with E-state index in [2.05, 4.69) is 39.5 Å². The van der Waals surface area contributed by atoms with Gasteiger partial charge in [0.25, 0.3) is 0 Å². The van der Waals surface area contributed by atoms with Gasteiger partial charge in [-0.15, -0.1) is 0 Å². The summed E-state index contributed by atoms with van der Waals surface area (Å²) in [6.07, 6.45) is 5.21. The summed E-state index contributed by atoms with van der Waals surface area (Å²) < 4.78 is 0. The number of hydrogen-bond donors (Lipinski definition) is 3. The lowest BCUT2D eigenvalue weighted by Crippen LogP contribution is -2.50. The van der Waals surface area contributed by atoms with Crippen LogP contribution < -0.4 is 5.32 Å². The van der Waals surface area contributed by atoms with Crippen molar-refractivity contribution < 1.29 is 15.0 Å². The van der Waals surface area contributed by atoms with Crippen LogP contribution in [0.1, 0.15) is 36.2 Å². The number of carbonyl (C=O) groups is 1. The highest BCUT2D eigenvalue weighted by atomic mass is 16.4. The number of benzene rings is 2. The predicted molar refractivity (Wildman–Crippen MR) is 132 cm³/mol. The van der Waals surface area contributed by atoms with Crippen LogP contribution in [0.25, 0.3) is 11.3 Å². The van der Waals surface area contributed by atoms with Crippen LogP contribution in [0.5, 0.6) is 5.75 Å². The van der Waals surface area contributed by atoms with Gasteiger partial charge in [0.15, 0.2) is 0 Å². The molecule has 0 spiro atoms. The number of hydrogen-bond acceptors (Lipinski definition) is 6. The minimum absolute atomic E-state index is 0.192. The van der Waals surface area contributed by atoms with Crippen LogP contribution >= 0.6 is 0 Å². The van der Waals surface area contributed by atoms with Crippen molar-refractivity contribution in [2.24, 2.45) is 0 Å². The third-order valence-corrected chi connectivity index (χ3v) is 6.25. The first-order valence-electron chi connectivity index (χ1n) is 11.9. The number of phenols is 1. The van der Waals surface area contributed by atoms with Gasteiger partial charge in [-0.25, -0.2) is 9.97 Å². The van der Waals surface area contributed by atoms with Crippen molar-refractivity contribution in [1.29, 1.82) is 0 Å². The number of phenolic OH excluding ortho intramolecular Hbond substituents is 1.